The van der Waals surface area contributed by atoms with E-state index >= 15 is 0 Å². The first kappa shape index (κ1) is 10.3. The van der Waals surface area contributed by atoms with E-state index in [-0.39, 0.29) is 5.03 Å². The third-order valence-corrected chi connectivity index (χ3v) is 2.14. The zero-order chi connectivity index (χ0) is 9.84. The quantitative estimate of drug-likeness (QED) is 0.546. The molecule has 0 aromatic heterocycles. The summed E-state index contributed by atoms with van der Waals surface area (Å²) in [6.45, 7) is 1.99. The van der Waals surface area contributed by atoms with Crippen molar-refractivity contribution in [3.63, 3.8) is 0 Å². The molecule has 0 radical (unpaired) electrons. The van der Waals surface area contributed by atoms with Crippen LogP contribution in [-0.2, 0) is 4.79 Å². The first-order valence-electron chi connectivity index (χ1n) is 3.73. The molecule has 0 unspecified atom stereocenters. The van der Waals surface area contributed by atoms with Crippen LogP contribution in [0.4, 0.5) is 0 Å². The molecule has 1 aromatic carbocycles. The number of aryl methyl sites for hydroxylation is 1. The molecule has 1 aromatic rings. The summed E-state index contributed by atoms with van der Waals surface area (Å²) in [6.07, 6.45) is 1.54. The number of rotatable bonds is 2. The van der Waals surface area contributed by atoms with Gasteiger partial charge in [-0.05, 0) is 30.2 Å². The number of allylic oxidation sites excluding steroid dienone is 1. The Morgan fingerprint density at radius 3 is 2.23 bits per heavy atom. The minimum atomic E-state index is -0.637. The molecule has 1 nitrogen and oxygen atoms in total. The molecule has 0 saturated carbocycles. The molecule has 0 atom stereocenters. The third kappa shape index (κ3) is 3.21. The van der Waals surface area contributed by atoms with Crippen LogP contribution in [0.5, 0.6) is 0 Å². The first-order valence-corrected chi connectivity index (χ1v) is 4.49. The van der Waals surface area contributed by atoms with Gasteiger partial charge in [0.1, 0.15) is 5.03 Å². The van der Waals surface area contributed by atoms with E-state index in [9.17, 15) is 4.79 Å². The lowest BCUT2D eigenvalue weighted by atomic mass is 10.1. The van der Waals surface area contributed by atoms with Gasteiger partial charge in [-0.1, -0.05) is 41.4 Å². The van der Waals surface area contributed by atoms with Crippen molar-refractivity contribution in [1.82, 2.24) is 0 Å². The van der Waals surface area contributed by atoms with Gasteiger partial charge >= 0.3 is 0 Å². The van der Waals surface area contributed by atoms with Crippen LogP contribution in [0.2, 0.25) is 0 Å². The summed E-state index contributed by atoms with van der Waals surface area (Å²) >= 11 is 10.7. The number of hydrogen-bond acceptors (Lipinski definition) is 1. The molecule has 1 rings (SSSR count). The smallest absolute Gasteiger partial charge is 0.263 e. The highest BCUT2D eigenvalue weighted by molar-refractivity contribution is 6.74. The largest absolute Gasteiger partial charge is 0.275 e. The van der Waals surface area contributed by atoms with Gasteiger partial charge in [0.15, 0.2) is 0 Å². The average molecular weight is 215 g/mol. The Labute approximate surface area is 87.0 Å². The Bertz CT molecular complexity index is 338. The van der Waals surface area contributed by atoms with E-state index in [2.05, 4.69) is 0 Å². The normalized spacial score (nSPS) is 11.5. The summed E-state index contributed by atoms with van der Waals surface area (Å²) in [7, 11) is 0. The molecular weight excluding hydrogens is 207 g/mol. The van der Waals surface area contributed by atoms with E-state index in [0.717, 1.165) is 11.1 Å². The number of hydrogen-bond donors (Lipinski definition) is 0. The molecule has 0 amide bonds. The van der Waals surface area contributed by atoms with Gasteiger partial charge in [0.05, 0.1) is 0 Å². The zero-order valence-corrected chi connectivity index (χ0v) is 8.56. The average Bonchev–Trinajstić information content (AvgIpc) is 2.08. The molecule has 3 heteroatoms. The van der Waals surface area contributed by atoms with Crippen molar-refractivity contribution in [3.8, 4) is 0 Å². The first-order chi connectivity index (χ1) is 6.09. The van der Waals surface area contributed by atoms with Crippen LogP contribution >= 0.6 is 23.2 Å². The number of carbonyl (C=O) groups excluding carboxylic acids is 1. The fraction of sp³-hybridized carbons (Fsp3) is 0.100. The lowest BCUT2D eigenvalue weighted by molar-refractivity contribution is -0.107. The molecule has 68 valence electrons. The summed E-state index contributed by atoms with van der Waals surface area (Å²) < 4.78 is 0. The summed E-state index contributed by atoms with van der Waals surface area (Å²) in [4.78, 5) is 10.6. The standard InChI is InChI=1S/C10H8Cl2O/c1-7-2-4-8(5-3-7)6-9(11)10(12)13/h2-6H,1H3. The highest BCUT2D eigenvalue weighted by Gasteiger charge is 2.00. The highest BCUT2D eigenvalue weighted by atomic mass is 35.5. The van der Waals surface area contributed by atoms with Gasteiger partial charge in [0, 0.05) is 0 Å². The Kier molecular flexibility index (Phi) is 3.52. The Morgan fingerprint density at radius 1 is 1.23 bits per heavy atom. The Balaban J connectivity index is 2.92. The molecule has 13 heavy (non-hydrogen) atoms. The van der Waals surface area contributed by atoms with Crippen LogP contribution in [0.1, 0.15) is 11.1 Å². The minimum Gasteiger partial charge on any atom is -0.275 e. The van der Waals surface area contributed by atoms with Gasteiger partial charge in [-0.3, -0.25) is 4.79 Å². The van der Waals surface area contributed by atoms with E-state index in [0.29, 0.717) is 0 Å². The van der Waals surface area contributed by atoms with Gasteiger partial charge in [-0.25, -0.2) is 0 Å². The fourth-order valence-electron chi connectivity index (χ4n) is 0.866. The highest BCUT2D eigenvalue weighted by Crippen LogP contribution is 2.13. The maximum atomic E-state index is 10.6. The van der Waals surface area contributed by atoms with E-state index in [1.807, 2.05) is 31.2 Å². The monoisotopic (exact) mass is 214 g/mol. The van der Waals surface area contributed by atoms with E-state index in [1.165, 1.54) is 6.08 Å². The van der Waals surface area contributed by atoms with Crippen LogP contribution in [0, 0.1) is 6.92 Å². The van der Waals surface area contributed by atoms with Crippen LogP contribution in [0.15, 0.2) is 29.3 Å². The van der Waals surface area contributed by atoms with Crippen molar-refractivity contribution in [2.45, 2.75) is 6.92 Å². The summed E-state index contributed by atoms with van der Waals surface area (Å²) in [6, 6.07) is 7.62. The van der Waals surface area contributed by atoms with Crippen molar-refractivity contribution in [1.29, 1.82) is 0 Å². The van der Waals surface area contributed by atoms with E-state index in [4.69, 9.17) is 23.2 Å². The molecule has 0 bridgehead atoms. The maximum Gasteiger partial charge on any atom is 0.263 e. The molecule has 0 N–H and O–H groups in total. The molecule has 0 saturated heterocycles. The molecule has 0 aliphatic carbocycles. The van der Waals surface area contributed by atoms with Crippen molar-refractivity contribution < 1.29 is 4.79 Å². The van der Waals surface area contributed by atoms with Gasteiger partial charge in [-0.2, -0.15) is 0 Å². The van der Waals surface area contributed by atoms with Crippen LogP contribution in [0.3, 0.4) is 0 Å². The topological polar surface area (TPSA) is 17.1 Å². The van der Waals surface area contributed by atoms with Crippen LogP contribution < -0.4 is 0 Å². The lowest BCUT2D eigenvalue weighted by Crippen LogP contribution is -1.84. The SMILES string of the molecule is Cc1ccc(C=C(Cl)C(=O)Cl)cc1. The van der Waals surface area contributed by atoms with Crippen molar-refractivity contribution in [3.05, 3.63) is 40.4 Å². The number of benzene rings is 1. The number of halogens is 2. The van der Waals surface area contributed by atoms with E-state index < -0.39 is 5.24 Å². The molecule has 0 heterocycles. The van der Waals surface area contributed by atoms with Crippen molar-refractivity contribution in [2.75, 3.05) is 0 Å². The second-order valence-corrected chi connectivity index (χ2v) is 3.43. The molecule has 0 aliphatic rings. The third-order valence-electron chi connectivity index (χ3n) is 1.56. The fourth-order valence-corrected chi connectivity index (χ4v) is 1.05. The number of carbonyl (C=O) groups is 1. The van der Waals surface area contributed by atoms with Crippen molar-refractivity contribution in [2.24, 2.45) is 0 Å². The Hall–Kier alpha value is -0.790. The minimum absolute atomic E-state index is 0.0329. The summed E-state index contributed by atoms with van der Waals surface area (Å²) in [5.74, 6) is 0. The lowest BCUT2D eigenvalue weighted by Gasteiger charge is -1.95. The van der Waals surface area contributed by atoms with Gasteiger partial charge in [-0.15, -0.1) is 0 Å². The predicted molar refractivity (Wildman–Crippen MR) is 55.9 cm³/mol. The maximum absolute atomic E-state index is 10.6. The van der Waals surface area contributed by atoms with Gasteiger partial charge in [0.25, 0.3) is 5.24 Å². The second kappa shape index (κ2) is 4.45. The van der Waals surface area contributed by atoms with Crippen LogP contribution in [0.25, 0.3) is 6.08 Å². The second-order valence-electron chi connectivity index (χ2n) is 2.68. The molecule has 0 fully saturated rings. The van der Waals surface area contributed by atoms with E-state index in [1.54, 1.807) is 0 Å². The van der Waals surface area contributed by atoms with Gasteiger partial charge in [0.2, 0.25) is 0 Å². The summed E-state index contributed by atoms with van der Waals surface area (Å²) in [5, 5.41) is -0.604. The molecule has 0 spiro atoms. The molecular formula is C10H8Cl2O. The molecule has 0 aliphatic heterocycles. The summed E-state index contributed by atoms with van der Waals surface area (Å²) in [5.41, 5.74) is 2.02. The van der Waals surface area contributed by atoms with Crippen LogP contribution in [-0.4, -0.2) is 5.24 Å². The van der Waals surface area contributed by atoms with Gasteiger partial charge < -0.3 is 0 Å². The van der Waals surface area contributed by atoms with Crippen molar-refractivity contribution >= 4 is 34.5 Å². The Morgan fingerprint density at radius 2 is 1.77 bits per heavy atom. The predicted octanol–water partition coefficient (Wildman–Crippen LogP) is 3.34. The zero-order valence-electron chi connectivity index (χ0n) is 7.05.